The van der Waals surface area contributed by atoms with Gasteiger partial charge in [0.15, 0.2) is 29.0 Å². The van der Waals surface area contributed by atoms with Crippen molar-refractivity contribution >= 4 is 78.3 Å². The molecule has 0 radical (unpaired) electrons. The van der Waals surface area contributed by atoms with Gasteiger partial charge in [-0.15, -0.1) is 0 Å². The molecule has 0 saturated carbocycles. The van der Waals surface area contributed by atoms with Gasteiger partial charge in [0, 0.05) is 68.8 Å². The second-order valence-electron chi connectivity index (χ2n) is 14.2. The molecule has 0 aliphatic rings. The van der Waals surface area contributed by atoms with E-state index in [2.05, 4.69) is 107 Å². The van der Waals surface area contributed by atoms with E-state index in [9.17, 15) is 9.59 Å². The van der Waals surface area contributed by atoms with Crippen LogP contribution in [0, 0.1) is 6.92 Å². The minimum atomic E-state index is -1.13. The van der Waals surface area contributed by atoms with Gasteiger partial charge in [-0.1, -0.05) is 30.9 Å². The molecular weight excluding hydrogens is 926 g/mol. The number of carbonyl (C=O) groups excluding carboxylic acids is 2. The summed E-state index contributed by atoms with van der Waals surface area (Å²) in [4.78, 5) is 52.7. The van der Waals surface area contributed by atoms with E-state index in [1.807, 2.05) is 48.5 Å². The lowest BCUT2D eigenvalue weighted by Gasteiger charge is -2.16. The predicted octanol–water partition coefficient (Wildman–Crippen LogP) is 9.82. The summed E-state index contributed by atoms with van der Waals surface area (Å²) in [6.07, 6.45) is 9.00. The van der Waals surface area contributed by atoms with Crippen LogP contribution in [0.5, 0.6) is 0 Å². The Morgan fingerprint density at radius 2 is 1.50 bits per heavy atom. The zero-order chi connectivity index (χ0) is 39.8. The summed E-state index contributed by atoms with van der Waals surface area (Å²) < 4.78 is 14.8. The van der Waals surface area contributed by atoms with E-state index < -0.39 is 8.07 Å². The number of ether oxygens (including phenoxy) is 1. The number of halogens is 3. The van der Waals surface area contributed by atoms with Gasteiger partial charge < -0.3 is 19.2 Å². The number of Topliss-reactive ketones (excluding diaryl/α,β-unsaturated/α-hetero) is 2. The van der Waals surface area contributed by atoms with Crippen molar-refractivity contribution in [1.29, 1.82) is 0 Å². The highest BCUT2D eigenvalue weighted by molar-refractivity contribution is 9.13. The van der Waals surface area contributed by atoms with E-state index in [1.54, 1.807) is 36.3 Å². The standard InChI is InChI=1S/C22H17BrN6O2.C17H23Br2N3O2Si/c1-12-25-22(31-29-12)17-11-15-10-14(3-4-16(15)26-17)19-20(23)28-21(27-19)18(30)5-2-13-6-8-24-9-7-13;1-25(2,3)11-10-24-12-22-16(19)15(18)21-17(22)14(23)5-4-13-6-8-20-9-7-13/h3-4,6-11,26H,2,5H2,1H3,(H,27,28);6-9H,4-5,10-12H2,1-3H3. The van der Waals surface area contributed by atoms with Gasteiger partial charge in [0.1, 0.15) is 31.9 Å². The van der Waals surface area contributed by atoms with E-state index in [0.717, 1.165) is 43.9 Å². The Kier molecular flexibility index (Phi) is 13.7. The molecule has 1 aromatic carbocycles. The van der Waals surface area contributed by atoms with Gasteiger partial charge >= 0.3 is 0 Å². The molecular formula is C39H40Br3N9O4Si. The number of carbonyl (C=O) groups is 2. The lowest BCUT2D eigenvalue weighted by atomic mass is 10.1. The van der Waals surface area contributed by atoms with Crippen LogP contribution in [0.4, 0.5) is 0 Å². The predicted molar refractivity (Wildman–Crippen MR) is 227 cm³/mol. The minimum absolute atomic E-state index is 0.00277. The van der Waals surface area contributed by atoms with E-state index in [0.29, 0.717) is 77.3 Å². The highest BCUT2D eigenvalue weighted by Crippen LogP contribution is 2.31. The number of ketones is 2. The summed E-state index contributed by atoms with van der Waals surface area (Å²) >= 11 is 10.4. The van der Waals surface area contributed by atoms with Gasteiger partial charge in [-0.2, -0.15) is 4.98 Å². The fourth-order valence-corrected chi connectivity index (χ4v) is 7.59. The van der Waals surface area contributed by atoms with Crippen molar-refractivity contribution in [2.45, 2.75) is 65.0 Å². The number of benzene rings is 1. The van der Waals surface area contributed by atoms with Gasteiger partial charge in [0.2, 0.25) is 0 Å². The summed E-state index contributed by atoms with van der Waals surface area (Å²) in [7, 11) is -1.13. The molecule has 7 rings (SSSR count). The van der Waals surface area contributed by atoms with E-state index in [-0.39, 0.29) is 11.6 Å². The molecule has 0 spiro atoms. The number of aromatic amines is 2. The topological polar surface area (TPSA) is 170 Å². The number of hydrogen-bond donors (Lipinski definition) is 2. The zero-order valence-electron chi connectivity index (χ0n) is 31.3. The van der Waals surface area contributed by atoms with E-state index >= 15 is 0 Å². The van der Waals surface area contributed by atoms with Crippen LogP contribution in [0.15, 0.2) is 91.7 Å². The van der Waals surface area contributed by atoms with Crippen molar-refractivity contribution in [3.05, 3.63) is 116 Å². The number of fused-ring (bicyclic) bond motifs is 1. The third-order valence-corrected chi connectivity index (χ3v) is 12.9. The van der Waals surface area contributed by atoms with E-state index in [4.69, 9.17) is 9.26 Å². The Bertz CT molecular complexity index is 2420. The van der Waals surface area contributed by atoms with Gasteiger partial charge in [-0.05, 0) is 127 Å². The molecule has 56 heavy (non-hydrogen) atoms. The smallest absolute Gasteiger partial charge is 0.274 e. The summed E-state index contributed by atoms with van der Waals surface area (Å²) in [6.45, 7) is 9.73. The third-order valence-electron chi connectivity index (χ3n) is 8.69. The Labute approximate surface area is 349 Å². The summed E-state index contributed by atoms with van der Waals surface area (Å²) in [5.41, 5.74) is 5.42. The molecule has 6 heterocycles. The second-order valence-corrected chi connectivity index (χ2v) is 22.1. The molecule has 290 valence electrons. The van der Waals surface area contributed by atoms with Crippen LogP contribution in [0.3, 0.4) is 0 Å². The van der Waals surface area contributed by atoms with Crippen molar-refractivity contribution in [2.75, 3.05) is 6.61 Å². The van der Waals surface area contributed by atoms with Crippen LogP contribution in [0.25, 0.3) is 33.7 Å². The molecule has 0 bridgehead atoms. The summed E-state index contributed by atoms with van der Waals surface area (Å²) in [6, 6.07) is 16.6. The van der Waals surface area contributed by atoms with Gasteiger partial charge in [0.05, 0.1) is 0 Å². The molecule has 7 aromatic rings. The first-order valence-corrected chi connectivity index (χ1v) is 24.0. The Morgan fingerprint density at radius 1 is 0.839 bits per heavy atom. The molecule has 0 aliphatic carbocycles. The largest absolute Gasteiger partial charge is 0.361 e. The second kappa shape index (κ2) is 18.7. The zero-order valence-corrected chi connectivity index (χ0v) is 37.0. The molecule has 17 heteroatoms. The molecule has 0 atom stereocenters. The number of imidazole rings is 2. The van der Waals surface area contributed by atoms with Gasteiger partial charge in [-0.25, -0.2) is 9.97 Å². The molecule has 0 fully saturated rings. The van der Waals surface area contributed by atoms with Crippen molar-refractivity contribution in [2.24, 2.45) is 0 Å². The van der Waals surface area contributed by atoms with Crippen LogP contribution in [-0.2, 0) is 24.3 Å². The number of hydrogen-bond acceptors (Lipinski definition) is 10. The number of nitrogens with zero attached hydrogens (tertiary/aromatic N) is 7. The third kappa shape index (κ3) is 10.9. The van der Waals surface area contributed by atoms with Crippen LogP contribution in [-0.4, -0.2) is 70.9 Å². The number of aromatic nitrogens is 9. The van der Waals surface area contributed by atoms with Gasteiger partial charge in [0.25, 0.3) is 5.89 Å². The van der Waals surface area contributed by atoms with Crippen LogP contribution >= 0.6 is 47.8 Å². The molecule has 0 unspecified atom stereocenters. The average molecular weight is 967 g/mol. The Morgan fingerprint density at radius 3 is 2.12 bits per heavy atom. The highest BCUT2D eigenvalue weighted by Gasteiger charge is 2.21. The number of rotatable bonds is 15. The lowest BCUT2D eigenvalue weighted by Crippen LogP contribution is -2.22. The number of nitrogens with one attached hydrogen (secondary N) is 2. The van der Waals surface area contributed by atoms with Crippen molar-refractivity contribution in [3.8, 4) is 22.8 Å². The molecule has 0 aliphatic heterocycles. The molecule has 0 saturated heterocycles. The molecule has 0 amide bonds. The first kappa shape index (κ1) is 41.2. The average Bonchev–Trinajstić information content (AvgIpc) is 3.98. The molecule has 13 nitrogen and oxygen atoms in total. The number of aryl methyl sites for hydroxylation is 3. The molecule has 6 aromatic heterocycles. The normalized spacial score (nSPS) is 11.5. The lowest BCUT2D eigenvalue weighted by molar-refractivity contribution is 0.0784. The minimum Gasteiger partial charge on any atom is -0.361 e. The highest BCUT2D eigenvalue weighted by atomic mass is 79.9. The SMILES string of the molecule is C[Si](C)(C)CCOCn1c(C(=O)CCc2ccncc2)nc(Br)c1Br.Cc1noc(-c2cc3cc(-c4nc(C(=O)CCc5ccncc5)[nH]c4Br)ccc3[nH]2)n1. The maximum atomic E-state index is 12.6. The van der Waals surface area contributed by atoms with Crippen LogP contribution in [0.2, 0.25) is 25.7 Å². The Hall–Kier alpha value is -4.42. The number of pyridine rings is 2. The molecule has 2 N–H and O–H groups in total. The van der Waals surface area contributed by atoms with Crippen molar-refractivity contribution in [1.82, 2.24) is 44.6 Å². The Balaban J connectivity index is 0.000000195. The van der Waals surface area contributed by atoms with Gasteiger partial charge in [-0.3, -0.25) is 24.1 Å². The fourth-order valence-electron chi connectivity index (χ4n) is 5.59. The maximum absolute atomic E-state index is 12.6. The van der Waals surface area contributed by atoms with Crippen molar-refractivity contribution < 1.29 is 18.8 Å². The summed E-state index contributed by atoms with van der Waals surface area (Å²) in [5, 5.41) is 4.81. The monoisotopic (exact) mass is 963 g/mol. The maximum Gasteiger partial charge on any atom is 0.274 e. The van der Waals surface area contributed by atoms with Crippen LogP contribution in [0.1, 0.15) is 51.0 Å². The summed E-state index contributed by atoms with van der Waals surface area (Å²) in [5.74, 6) is 1.74. The quantitative estimate of drug-likeness (QED) is 0.0573. The fraction of sp³-hybridized carbons (Fsp3) is 0.282. The number of H-pyrrole nitrogens is 2. The first-order valence-electron chi connectivity index (χ1n) is 17.9. The van der Waals surface area contributed by atoms with Crippen molar-refractivity contribution in [3.63, 3.8) is 0 Å². The van der Waals surface area contributed by atoms with Crippen LogP contribution < -0.4 is 0 Å². The van der Waals surface area contributed by atoms with E-state index in [1.165, 1.54) is 0 Å². The first-order chi connectivity index (χ1) is 26.8.